The molecule has 198 valence electrons. The molecule has 1 saturated heterocycles. The van der Waals surface area contributed by atoms with Crippen LogP contribution >= 0.6 is 12.2 Å². The standard InChI is InChI=1S/C30H34N4O3S/c1-4-37-29(36)24-10-11-27(34-14-12-33(13-15-34)20-23-8-6-5-7-9-23)26(19-24)31-30(38)32-28(35)25-17-21(2)16-22(3)18-25/h5-11,16-19H,4,12-15,20H2,1-3H3,(H2,31,32,35,38). The first kappa shape index (κ1) is 27.3. The molecule has 3 aromatic carbocycles. The van der Waals surface area contributed by atoms with Crippen molar-refractivity contribution in [2.75, 3.05) is 43.0 Å². The maximum atomic E-state index is 12.9. The van der Waals surface area contributed by atoms with Gasteiger partial charge in [-0.05, 0) is 68.9 Å². The summed E-state index contributed by atoms with van der Waals surface area (Å²) in [5.74, 6) is -0.688. The fraction of sp³-hybridized carbons (Fsp3) is 0.300. The van der Waals surface area contributed by atoms with E-state index in [1.54, 1.807) is 19.1 Å². The van der Waals surface area contributed by atoms with Crippen molar-refractivity contribution in [3.05, 3.63) is 94.5 Å². The highest BCUT2D eigenvalue weighted by Gasteiger charge is 2.22. The molecule has 0 saturated carbocycles. The van der Waals surface area contributed by atoms with Crippen LogP contribution in [0.25, 0.3) is 0 Å². The van der Waals surface area contributed by atoms with Crippen LogP contribution in [0.1, 0.15) is 44.3 Å². The zero-order valence-corrected chi connectivity index (χ0v) is 22.9. The molecule has 1 heterocycles. The molecule has 2 N–H and O–H groups in total. The summed E-state index contributed by atoms with van der Waals surface area (Å²) in [6.45, 7) is 10.3. The van der Waals surface area contributed by atoms with Gasteiger partial charge in [-0.3, -0.25) is 15.0 Å². The lowest BCUT2D eigenvalue weighted by Crippen LogP contribution is -2.46. The van der Waals surface area contributed by atoms with Gasteiger partial charge in [-0.25, -0.2) is 4.79 Å². The molecule has 38 heavy (non-hydrogen) atoms. The largest absolute Gasteiger partial charge is 0.462 e. The monoisotopic (exact) mass is 530 g/mol. The number of hydrogen-bond donors (Lipinski definition) is 2. The van der Waals surface area contributed by atoms with Crippen LogP contribution in [0.4, 0.5) is 11.4 Å². The predicted molar refractivity (Wildman–Crippen MR) is 156 cm³/mol. The Hall–Kier alpha value is -3.75. The molecular weight excluding hydrogens is 496 g/mol. The fourth-order valence-corrected chi connectivity index (χ4v) is 4.88. The number of nitrogens with one attached hydrogen (secondary N) is 2. The SMILES string of the molecule is CCOC(=O)c1ccc(N2CCN(Cc3ccccc3)CC2)c(NC(=S)NC(=O)c2cc(C)cc(C)c2)c1. The Kier molecular flexibility index (Phi) is 9.10. The number of piperazine rings is 1. The summed E-state index contributed by atoms with van der Waals surface area (Å²) in [5.41, 5.74) is 5.84. The van der Waals surface area contributed by atoms with E-state index in [0.717, 1.165) is 49.5 Å². The van der Waals surface area contributed by atoms with Gasteiger partial charge in [0.25, 0.3) is 5.91 Å². The first-order valence-corrected chi connectivity index (χ1v) is 13.3. The average molecular weight is 531 g/mol. The van der Waals surface area contributed by atoms with Crippen molar-refractivity contribution in [1.82, 2.24) is 10.2 Å². The molecule has 7 nitrogen and oxygen atoms in total. The molecule has 0 bridgehead atoms. The molecule has 0 radical (unpaired) electrons. The van der Waals surface area contributed by atoms with E-state index in [-0.39, 0.29) is 17.6 Å². The van der Waals surface area contributed by atoms with Gasteiger partial charge in [0.15, 0.2) is 5.11 Å². The Morgan fingerprint density at radius 2 is 1.58 bits per heavy atom. The minimum Gasteiger partial charge on any atom is -0.462 e. The number of nitrogens with zero attached hydrogens (tertiary/aromatic N) is 2. The molecule has 0 aromatic heterocycles. The summed E-state index contributed by atoms with van der Waals surface area (Å²) in [6, 6.07) is 21.5. The van der Waals surface area contributed by atoms with E-state index in [9.17, 15) is 9.59 Å². The number of carbonyl (C=O) groups excluding carboxylic acids is 2. The molecule has 0 spiro atoms. The second-order valence-electron chi connectivity index (χ2n) is 9.49. The van der Waals surface area contributed by atoms with Crippen LogP contribution in [0, 0.1) is 13.8 Å². The number of hydrogen-bond acceptors (Lipinski definition) is 6. The second-order valence-corrected chi connectivity index (χ2v) is 9.89. The number of carbonyl (C=O) groups is 2. The van der Waals surface area contributed by atoms with Crippen LogP contribution in [0.2, 0.25) is 0 Å². The summed E-state index contributed by atoms with van der Waals surface area (Å²) in [5, 5.41) is 6.10. The lowest BCUT2D eigenvalue weighted by Gasteiger charge is -2.37. The average Bonchev–Trinajstić information content (AvgIpc) is 2.89. The highest BCUT2D eigenvalue weighted by atomic mass is 32.1. The highest BCUT2D eigenvalue weighted by molar-refractivity contribution is 7.80. The van der Waals surface area contributed by atoms with E-state index in [0.29, 0.717) is 16.8 Å². The predicted octanol–water partition coefficient (Wildman–Crippen LogP) is 4.93. The summed E-state index contributed by atoms with van der Waals surface area (Å²) in [6.07, 6.45) is 0. The maximum Gasteiger partial charge on any atom is 0.338 e. The number of ether oxygens (including phenoxy) is 1. The summed E-state index contributed by atoms with van der Waals surface area (Å²) in [4.78, 5) is 30.0. The molecular formula is C30H34N4O3S. The van der Waals surface area contributed by atoms with Crippen molar-refractivity contribution in [2.24, 2.45) is 0 Å². The Morgan fingerprint density at radius 1 is 0.895 bits per heavy atom. The van der Waals surface area contributed by atoms with E-state index in [2.05, 4.69) is 44.7 Å². The highest BCUT2D eigenvalue weighted by Crippen LogP contribution is 2.29. The minimum absolute atomic E-state index is 0.166. The number of esters is 1. The van der Waals surface area contributed by atoms with Gasteiger partial charge >= 0.3 is 5.97 Å². The zero-order valence-electron chi connectivity index (χ0n) is 22.1. The van der Waals surface area contributed by atoms with Crippen molar-refractivity contribution in [2.45, 2.75) is 27.3 Å². The lowest BCUT2D eigenvalue weighted by atomic mass is 10.1. The molecule has 0 aliphatic carbocycles. The van der Waals surface area contributed by atoms with Gasteiger partial charge in [0.1, 0.15) is 0 Å². The van der Waals surface area contributed by atoms with Crippen LogP contribution in [0.5, 0.6) is 0 Å². The smallest absolute Gasteiger partial charge is 0.338 e. The van der Waals surface area contributed by atoms with Gasteiger partial charge in [0.05, 0.1) is 23.5 Å². The number of thiocarbonyl (C=S) groups is 1. The van der Waals surface area contributed by atoms with E-state index in [1.807, 2.05) is 44.2 Å². The van der Waals surface area contributed by atoms with Crippen molar-refractivity contribution in [3.63, 3.8) is 0 Å². The number of anilines is 2. The molecule has 1 aliphatic heterocycles. The van der Waals surface area contributed by atoms with E-state index < -0.39 is 5.97 Å². The molecule has 1 aliphatic rings. The van der Waals surface area contributed by atoms with E-state index in [4.69, 9.17) is 17.0 Å². The molecule has 0 unspecified atom stereocenters. The number of rotatable bonds is 7. The molecule has 1 amide bonds. The van der Waals surface area contributed by atoms with Crippen LogP contribution in [0.3, 0.4) is 0 Å². The number of aryl methyl sites for hydroxylation is 2. The summed E-state index contributed by atoms with van der Waals surface area (Å²) < 4.78 is 5.20. The minimum atomic E-state index is -0.403. The summed E-state index contributed by atoms with van der Waals surface area (Å²) in [7, 11) is 0. The molecule has 4 rings (SSSR count). The molecule has 8 heteroatoms. The van der Waals surface area contributed by atoms with Crippen molar-refractivity contribution >= 4 is 40.6 Å². The third-order valence-corrected chi connectivity index (χ3v) is 6.63. The maximum absolute atomic E-state index is 12.9. The van der Waals surface area contributed by atoms with Crippen molar-refractivity contribution < 1.29 is 14.3 Å². The normalized spacial score (nSPS) is 13.6. The van der Waals surface area contributed by atoms with Gasteiger partial charge in [0, 0.05) is 38.3 Å². The Bertz CT molecular complexity index is 1280. The third kappa shape index (κ3) is 7.18. The van der Waals surface area contributed by atoms with E-state index in [1.165, 1.54) is 5.56 Å². The van der Waals surface area contributed by atoms with Gasteiger partial charge in [-0.15, -0.1) is 0 Å². The zero-order chi connectivity index (χ0) is 27.1. The van der Waals surface area contributed by atoms with Gasteiger partial charge in [-0.2, -0.15) is 0 Å². The first-order chi connectivity index (χ1) is 18.3. The number of amides is 1. The number of benzene rings is 3. The molecule has 1 fully saturated rings. The quantitative estimate of drug-likeness (QED) is 0.332. The van der Waals surface area contributed by atoms with Crippen molar-refractivity contribution in [1.29, 1.82) is 0 Å². The van der Waals surface area contributed by atoms with E-state index >= 15 is 0 Å². The van der Waals surface area contributed by atoms with Crippen LogP contribution in [-0.2, 0) is 11.3 Å². The van der Waals surface area contributed by atoms with Crippen LogP contribution in [0.15, 0.2) is 66.7 Å². The second kappa shape index (κ2) is 12.7. The van der Waals surface area contributed by atoms with Gasteiger partial charge in [-0.1, -0.05) is 47.5 Å². The molecule has 3 aromatic rings. The fourth-order valence-electron chi connectivity index (χ4n) is 4.68. The van der Waals surface area contributed by atoms with Crippen molar-refractivity contribution in [3.8, 4) is 0 Å². The Morgan fingerprint density at radius 3 is 2.24 bits per heavy atom. The van der Waals surface area contributed by atoms with Gasteiger partial charge in [0.2, 0.25) is 0 Å². The Balaban J connectivity index is 1.48. The first-order valence-electron chi connectivity index (χ1n) is 12.9. The van der Waals surface area contributed by atoms with Crippen LogP contribution < -0.4 is 15.5 Å². The topological polar surface area (TPSA) is 73.9 Å². The lowest BCUT2D eigenvalue weighted by molar-refractivity contribution is 0.0526. The summed E-state index contributed by atoms with van der Waals surface area (Å²) >= 11 is 5.50. The van der Waals surface area contributed by atoms with Crippen LogP contribution in [-0.4, -0.2) is 54.7 Å². The van der Waals surface area contributed by atoms with Gasteiger partial charge < -0.3 is 15.0 Å². The Labute approximate surface area is 229 Å². The third-order valence-electron chi connectivity index (χ3n) is 6.43. The molecule has 0 atom stereocenters.